The number of hydrogen-bond acceptors (Lipinski definition) is 3. The van der Waals surface area contributed by atoms with Crippen LogP contribution in [0.2, 0.25) is 5.02 Å². The van der Waals surface area contributed by atoms with Crippen molar-refractivity contribution in [3.8, 4) is 5.75 Å². The van der Waals surface area contributed by atoms with Crippen LogP contribution in [0.25, 0.3) is 0 Å². The lowest BCUT2D eigenvalue weighted by molar-refractivity contribution is -0.123. The van der Waals surface area contributed by atoms with Crippen LogP contribution >= 0.6 is 11.6 Å². The maximum absolute atomic E-state index is 11.1. The van der Waals surface area contributed by atoms with Gasteiger partial charge in [-0.3, -0.25) is 4.79 Å². The number of nitrogens with zero attached hydrogens (tertiary/aromatic N) is 1. The van der Waals surface area contributed by atoms with Crippen LogP contribution in [0.15, 0.2) is 29.4 Å². The summed E-state index contributed by atoms with van der Waals surface area (Å²) in [6.45, 7) is 1.62. The van der Waals surface area contributed by atoms with Gasteiger partial charge in [-0.25, -0.2) is 5.43 Å². The van der Waals surface area contributed by atoms with Crippen molar-refractivity contribution in [1.29, 1.82) is 0 Å². The summed E-state index contributed by atoms with van der Waals surface area (Å²) in [6, 6.07) is 6.84. The summed E-state index contributed by atoms with van der Waals surface area (Å²) in [5.74, 6) is 0.242. The van der Waals surface area contributed by atoms with Crippen molar-refractivity contribution in [2.75, 3.05) is 6.61 Å². The molecule has 0 fully saturated rings. The third-order valence-electron chi connectivity index (χ3n) is 1.48. The van der Waals surface area contributed by atoms with E-state index in [4.69, 9.17) is 16.3 Å². The second kappa shape index (κ2) is 6.03. The molecule has 1 N–H and O–H groups in total. The van der Waals surface area contributed by atoms with Crippen molar-refractivity contribution in [3.05, 3.63) is 29.3 Å². The summed E-state index contributed by atoms with van der Waals surface area (Å²) in [5.41, 5.74) is 2.29. The topological polar surface area (TPSA) is 50.7 Å². The SMILES string of the molecule is C/C=N/NC(=O)COc1cccc(Cl)c1. The van der Waals surface area contributed by atoms with Crippen LogP contribution in [0.3, 0.4) is 0 Å². The first-order valence-electron chi connectivity index (χ1n) is 4.37. The monoisotopic (exact) mass is 226 g/mol. The van der Waals surface area contributed by atoms with Gasteiger partial charge in [0.1, 0.15) is 5.75 Å². The summed E-state index contributed by atoms with van der Waals surface area (Å²) >= 11 is 5.74. The molecule has 1 aromatic rings. The summed E-state index contributed by atoms with van der Waals surface area (Å²) in [7, 11) is 0. The predicted octanol–water partition coefficient (Wildman–Crippen LogP) is 1.84. The zero-order valence-electron chi connectivity index (χ0n) is 8.24. The number of nitrogens with one attached hydrogen (secondary N) is 1. The van der Waals surface area contributed by atoms with E-state index in [0.717, 1.165) is 0 Å². The summed E-state index contributed by atoms with van der Waals surface area (Å²) in [6.07, 6.45) is 1.48. The molecule has 5 heteroatoms. The van der Waals surface area contributed by atoms with Gasteiger partial charge in [-0.2, -0.15) is 5.10 Å². The maximum atomic E-state index is 11.1. The van der Waals surface area contributed by atoms with Gasteiger partial charge in [0.25, 0.3) is 5.91 Å². The second-order valence-electron chi connectivity index (χ2n) is 2.67. The number of hydrazone groups is 1. The van der Waals surface area contributed by atoms with E-state index >= 15 is 0 Å². The third-order valence-corrected chi connectivity index (χ3v) is 1.72. The molecule has 0 aliphatic rings. The van der Waals surface area contributed by atoms with Crippen LogP contribution in [0, 0.1) is 0 Å². The Morgan fingerprint density at radius 3 is 3.13 bits per heavy atom. The normalized spacial score (nSPS) is 10.3. The van der Waals surface area contributed by atoms with Crippen molar-refractivity contribution in [1.82, 2.24) is 5.43 Å². The Kier molecular flexibility index (Phi) is 4.63. The second-order valence-corrected chi connectivity index (χ2v) is 3.10. The van der Waals surface area contributed by atoms with Gasteiger partial charge in [0.2, 0.25) is 0 Å². The average Bonchev–Trinajstić information content (AvgIpc) is 2.23. The number of halogens is 1. The predicted molar refractivity (Wildman–Crippen MR) is 59.3 cm³/mol. The Morgan fingerprint density at radius 2 is 2.47 bits per heavy atom. The first-order valence-corrected chi connectivity index (χ1v) is 4.75. The molecule has 0 unspecified atom stereocenters. The van der Waals surface area contributed by atoms with Crippen LogP contribution in [-0.2, 0) is 4.79 Å². The van der Waals surface area contributed by atoms with E-state index in [1.54, 1.807) is 31.2 Å². The molecule has 0 saturated carbocycles. The Hall–Kier alpha value is -1.55. The molecule has 0 bridgehead atoms. The van der Waals surface area contributed by atoms with Crippen LogP contribution in [0.1, 0.15) is 6.92 Å². The fraction of sp³-hybridized carbons (Fsp3) is 0.200. The smallest absolute Gasteiger partial charge is 0.277 e. The standard InChI is InChI=1S/C10H11ClN2O2/c1-2-12-13-10(14)7-15-9-5-3-4-8(11)6-9/h2-6H,7H2,1H3,(H,13,14)/b12-2+. The molecule has 0 saturated heterocycles. The van der Waals surface area contributed by atoms with Crippen LogP contribution in [0.5, 0.6) is 5.75 Å². The molecule has 4 nitrogen and oxygen atoms in total. The molecule has 1 aromatic carbocycles. The van der Waals surface area contributed by atoms with Gasteiger partial charge >= 0.3 is 0 Å². The quantitative estimate of drug-likeness (QED) is 0.629. The van der Waals surface area contributed by atoms with Crippen molar-refractivity contribution >= 4 is 23.7 Å². The molecular weight excluding hydrogens is 216 g/mol. The lowest BCUT2D eigenvalue weighted by Crippen LogP contribution is -2.24. The molecule has 0 aromatic heterocycles. The zero-order chi connectivity index (χ0) is 11.1. The fourth-order valence-corrected chi connectivity index (χ4v) is 1.05. The molecule has 1 rings (SSSR count). The number of hydrogen-bond donors (Lipinski definition) is 1. The lowest BCUT2D eigenvalue weighted by atomic mass is 10.3. The number of amides is 1. The Labute approximate surface area is 92.9 Å². The molecule has 0 radical (unpaired) electrons. The molecule has 1 amide bonds. The fourth-order valence-electron chi connectivity index (χ4n) is 0.874. The number of benzene rings is 1. The highest BCUT2D eigenvalue weighted by Crippen LogP contribution is 2.16. The van der Waals surface area contributed by atoms with Crippen LogP contribution in [0.4, 0.5) is 0 Å². The van der Waals surface area contributed by atoms with Crippen LogP contribution < -0.4 is 10.2 Å². The summed E-state index contributed by atoms with van der Waals surface area (Å²) in [4.78, 5) is 11.1. The van der Waals surface area contributed by atoms with Gasteiger partial charge in [0.05, 0.1) is 0 Å². The molecule has 15 heavy (non-hydrogen) atoms. The summed E-state index contributed by atoms with van der Waals surface area (Å²) < 4.78 is 5.18. The van der Waals surface area contributed by atoms with E-state index in [1.807, 2.05) is 0 Å². The van der Waals surface area contributed by atoms with Crippen molar-refractivity contribution in [2.24, 2.45) is 5.10 Å². The van der Waals surface area contributed by atoms with E-state index in [0.29, 0.717) is 10.8 Å². The first-order chi connectivity index (χ1) is 7.22. The molecule has 0 atom stereocenters. The van der Waals surface area contributed by atoms with Gasteiger partial charge in [0, 0.05) is 11.2 Å². The number of ether oxygens (including phenoxy) is 1. The Balaban J connectivity index is 2.40. The van der Waals surface area contributed by atoms with Gasteiger partial charge in [0.15, 0.2) is 6.61 Å². The van der Waals surface area contributed by atoms with Gasteiger partial charge in [-0.15, -0.1) is 0 Å². The molecule has 0 aliphatic carbocycles. The molecule has 80 valence electrons. The van der Waals surface area contributed by atoms with Gasteiger partial charge < -0.3 is 4.74 Å². The highest BCUT2D eigenvalue weighted by Gasteiger charge is 2.00. The van der Waals surface area contributed by atoms with E-state index in [9.17, 15) is 4.79 Å². The van der Waals surface area contributed by atoms with Crippen molar-refractivity contribution in [3.63, 3.8) is 0 Å². The number of carbonyl (C=O) groups excluding carboxylic acids is 1. The number of carbonyl (C=O) groups is 1. The summed E-state index contributed by atoms with van der Waals surface area (Å²) in [5, 5.41) is 4.14. The minimum absolute atomic E-state index is 0.0856. The molecular formula is C10H11ClN2O2. The van der Waals surface area contributed by atoms with Crippen molar-refractivity contribution in [2.45, 2.75) is 6.92 Å². The van der Waals surface area contributed by atoms with Gasteiger partial charge in [-0.05, 0) is 25.1 Å². The highest BCUT2D eigenvalue weighted by atomic mass is 35.5. The molecule has 0 spiro atoms. The van der Waals surface area contributed by atoms with E-state index in [2.05, 4.69) is 10.5 Å². The van der Waals surface area contributed by atoms with E-state index in [1.165, 1.54) is 6.21 Å². The Bertz CT molecular complexity index is 366. The largest absolute Gasteiger partial charge is 0.484 e. The van der Waals surface area contributed by atoms with Crippen LogP contribution in [-0.4, -0.2) is 18.7 Å². The Morgan fingerprint density at radius 1 is 1.67 bits per heavy atom. The third kappa shape index (κ3) is 4.46. The minimum atomic E-state index is -0.312. The minimum Gasteiger partial charge on any atom is -0.484 e. The average molecular weight is 227 g/mol. The molecule has 0 aliphatic heterocycles. The highest BCUT2D eigenvalue weighted by molar-refractivity contribution is 6.30. The first kappa shape index (κ1) is 11.5. The number of rotatable bonds is 4. The lowest BCUT2D eigenvalue weighted by Gasteiger charge is -2.04. The van der Waals surface area contributed by atoms with E-state index < -0.39 is 0 Å². The maximum Gasteiger partial charge on any atom is 0.277 e. The van der Waals surface area contributed by atoms with Crippen molar-refractivity contribution < 1.29 is 9.53 Å². The van der Waals surface area contributed by atoms with E-state index in [-0.39, 0.29) is 12.5 Å². The zero-order valence-corrected chi connectivity index (χ0v) is 8.99. The molecule has 0 heterocycles. The van der Waals surface area contributed by atoms with Gasteiger partial charge in [-0.1, -0.05) is 17.7 Å².